The summed E-state index contributed by atoms with van der Waals surface area (Å²) in [5.74, 6) is 1.43. The molecule has 0 fully saturated rings. The van der Waals surface area contributed by atoms with Gasteiger partial charge in [-0.05, 0) is 82.2 Å². The number of hydrogen-bond acceptors (Lipinski definition) is 6. The van der Waals surface area contributed by atoms with Crippen molar-refractivity contribution in [2.45, 2.75) is 297 Å². The molecule has 68 heavy (non-hydrogen) atoms. The Bertz CT molecular complexity index is 1560. The number of hydrogen-bond donors (Lipinski definition) is 0. The van der Waals surface area contributed by atoms with Crippen molar-refractivity contribution in [3.63, 3.8) is 0 Å². The van der Waals surface area contributed by atoms with Crippen LogP contribution in [-0.4, -0.2) is 10.2 Å². The molecule has 0 amide bonds. The number of thiophene rings is 2. The molecule has 2 unspecified atom stereocenters. The highest BCUT2D eigenvalue weighted by atomic mass is 32.2. The maximum Gasteiger partial charge on any atom is 0.226 e. The van der Waals surface area contributed by atoms with E-state index in [2.05, 4.69) is 50.6 Å². The van der Waals surface area contributed by atoms with Gasteiger partial charge in [0.25, 0.3) is 0 Å². The van der Waals surface area contributed by atoms with Gasteiger partial charge in [0.15, 0.2) is 0 Å². The van der Waals surface area contributed by atoms with E-state index >= 15 is 0 Å². The van der Waals surface area contributed by atoms with Gasteiger partial charge >= 0.3 is 0 Å². The Hall–Kier alpha value is -1.08. The van der Waals surface area contributed by atoms with E-state index in [9.17, 15) is 9.59 Å². The second-order valence-corrected chi connectivity index (χ2v) is 25.2. The van der Waals surface area contributed by atoms with E-state index in [1.807, 2.05) is 0 Å². The Balaban J connectivity index is 1.35. The van der Waals surface area contributed by atoms with Crippen LogP contribution in [0, 0.1) is 11.8 Å². The highest BCUT2D eigenvalue weighted by molar-refractivity contribution is 8.25. The molecule has 2 aromatic rings. The summed E-state index contributed by atoms with van der Waals surface area (Å²) in [7, 11) is 0. The zero-order valence-electron chi connectivity index (χ0n) is 44.6. The monoisotopic (exact) mass is 1010 g/mol. The van der Waals surface area contributed by atoms with Crippen LogP contribution in [0.25, 0.3) is 11.1 Å². The van der Waals surface area contributed by atoms with Crippen molar-refractivity contribution in [2.24, 2.45) is 11.8 Å². The minimum absolute atomic E-state index is 0.125. The third-order valence-electron chi connectivity index (χ3n) is 15.2. The summed E-state index contributed by atoms with van der Waals surface area (Å²) in [6, 6.07) is 4.64. The molecule has 4 heterocycles. The molecule has 386 valence electrons. The van der Waals surface area contributed by atoms with Crippen molar-refractivity contribution in [1.29, 1.82) is 0 Å². The first kappa shape index (κ1) is 59.5. The number of thioether (sulfide) groups is 2. The van der Waals surface area contributed by atoms with Crippen LogP contribution in [0.5, 0.6) is 0 Å². The Morgan fingerprint density at radius 3 is 0.824 bits per heavy atom. The first-order chi connectivity index (χ1) is 33.5. The molecule has 2 aliphatic heterocycles. The van der Waals surface area contributed by atoms with Crippen molar-refractivity contribution in [2.75, 3.05) is 0 Å². The summed E-state index contributed by atoms with van der Waals surface area (Å²) in [4.78, 5) is 31.7. The first-order valence-corrected chi connectivity index (χ1v) is 33.0. The fraction of sp³-hybridized carbons (Fsp3) is 0.774. The van der Waals surface area contributed by atoms with Crippen LogP contribution in [0.2, 0.25) is 0 Å². The smallest absolute Gasteiger partial charge is 0.226 e. The lowest BCUT2D eigenvalue weighted by Gasteiger charge is -2.16. The molecule has 2 aromatic heterocycles. The molecule has 6 heteroatoms. The summed E-state index contributed by atoms with van der Waals surface area (Å²) in [6.07, 6.45) is 57.3. The normalized spacial score (nSPS) is 14.9. The summed E-state index contributed by atoms with van der Waals surface area (Å²) in [5.41, 5.74) is 4.37. The molecule has 0 aromatic carbocycles. The number of unbranched alkanes of at least 4 members (excludes halogenated alkanes) is 32. The van der Waals surface area contributed by atoms with Gasteiger partial charge in [0, 0.05) is 19.6 Å². The summed E-state index contributed by atoms with van der Waals surface area (Å²) in [6.45, 7) is 9.22. The van der Waals surface area contributed by atoms with E-state index < -0.39 is 0 Å². The number of carbonyl (C=O) groups excluding carboxylic acids is 2. The van der Waals surface area contributed by atoms with Crippen LogP contribution in [0.3, 0.4) is 0 Å². The van der Waals surface area contributed by atoms with E-state index in [0.29, 0.717) is 11.8 Å². The van der Waals surface area contributed by atoms with Gasteiger partial charge in [-0.2, -0.15) is 0 Å². The van der Waals surface area contributed by atoms with Gasteiger partial charge in [0.05, 0.1) is 11.1 Å². The lowest BCUT2D eigenvalue weighted by molar-refractivity contribution is -0.106. The van der Waals surface area contributed by atoms with E-state index in [0.717, 1.165) is 43.6 Å². The molecule has 0 saturated carbocycles. The van der Waals surface area contributed by atoms with Gasteiger partial charge < -0.3 is 0 Å². The third-order valence-corrected chi connectivity index (χ3v) is 19.3. The summed E-state index contributed by atoms with van der Waals surface area (Å²) >= 11 is 6.10. The van der Waals surface area contributed by atoms with Gasteiger partial charge in [-0.3, -0.25) is 9.59 Å². The van der Waals surface area contributed by atoms with Gasteiger partial charge in [-0.25, -0.2) is 0 Å². The van der Waals surface area contributed by atoms with Crippen LogP contribution in [-0.2, 0) is 22.4 Å². The van der Waals surface area contributed by atoms with E-state index in [1.165, 1.54) is 291 Å². The fourth-order valence-electron chi connectivity index (χ4n) is 10.9. The largest absolute Gasteiger partial charge is 0.281 e. The van der Waals surface area contributed by atoms with Gasteiger partial charge in [-0.15, -0.1) is 22.7 Å². The molecule has 0 N–H and O–H groups in total. The molecule has 2 atom stereocenters. The Morgan fingerprint density at radius 2 is 0.574 bits per heavy atom. The predicted molar refractivity (Wildman–Crippen MR) is 309 cm³/mol. The average Bonchev–Trinajstić information content (AvgIpc) is 4.13. The Labute approximate surface area is 437 Å². The molecule has 4 rings (SSSR count). The van der Waals surface area contributed by atoms with Crippen molar-refractivity contribution < 1.29 is 9.59 Å². The lowest BCUT2D eigenvalue weighted by Crippen LogP contribution is -2.05. The minimum atomic E-state index is 0.125. The highest BCUT2D eigenvalue weighted by Gasteiger charge is 2.41. The van der Waals surface area contributed by atoms with Crippen molar-refractivity contribution in [1.82, 2.24) is 0 Å². The summed E-state index contributed by atoms with van der Waals surface area (Å²) < 4.78 is 0. The highest BCUT2D eigenvalue weighted by Crippen LogP contribution is 2.57. The van der Waals surface area contributed by atoms with Crippen molar-refractivity contribution in [3.05, 3.63) is 53.6 Å². The van der Waals surface area contributed by atoms with Crippen LogP contribution in [0.4, 0.5) is 0 Å². The van der Waals surface area contributed by atoms with Crippen molar-refractivity contribution in [3.8, 4) is 0 Å². The Morgan fingerprint density at radius 1 is 0.338 bits per heavy atom. The molecule has 0 aliphatic carbocycles. The predicted octanol–water partition coefficient (Wildman–Crippen LogP) is 22.5. The van der Waals surface area contributed by atoms with Crippen LogP contribution >= 0.6 is 46.2 Å². The zero-order chi connectivity index (χ0) is 48.3. The fourth-order valence-corrected chi connectivity index (χ4v) is 15.5. The van der Waals surface area contributed by atoms with Crippen molar-refractivity contribution >= 4 is 67.6 Å². The minimum Gasteiger partial charge on any atom is -0.281 e. The first-order valence-electron chi connectivity index (χ1n) is 29.6. The molecule has 0 bridgehead atoms. The molecule has 2 aliphatic rings. The third kappa shape index (κ3) is 24.1. The topological polar surface area (TPSA) is 34.1 Å². The number of carbonyl (C=O) groups is 2. The zero-order valence-corrected chi connectivity index (χ0v) is 47.9. The average molecular weight is 1010 g/mol. The molecular formula is C62H102O2S4. The maximum atomic E-state index is 13.9. The lowest BCUT2D eigenvalue weighted by atomic mass is 9.89. The van der Waals surface area contributed by atoms with E-state index in [1.54, 1.807) is 22.7 Å². The van der Waals surface area contributed by atoms with E-state index in [-0.39, 0.29) is 10.2 Å². The van der Waals surface area contributed by atoms with Crippen LogP contribution < -0.4 is 0 Å². The molecule has 0 saturated heterocycles. The second-order valence-electron chi connectivity index (χ2n) is 21.4. The van der Waals surface area contributed by atoms with E-state index in [4.69, 9.17) is 0 Å². The quantitative estimate of drug-likeness (QED) is 0.0619. The Kier molecular flexibility index (Phi) is 33.7. The maximum absolute atomic E-state index is 13.9. The van der Waals surface area contributed by atoms with Crippen LogP contribution in [0.15, 0.2) is 32.7 Å². The van der Waals surface area contributed by atoms with Gasteiger partial charge in [0.2, 0.25) is 10.2 Å². The number of fused-ring (bicyclic) bond motifs is 1. The SMILES string of the molecule is CCCCCCCCCCCCC(CCCCCCCCCC)Cc1csc(C2=C3SC(=O)C(c4cc(CC(CCCCCCCCCC)CCCCCCCCCCCC)cs4)=C3SC2=O)c1. The molecular weight excluding hydrogens is 905 g/mol. The standard InChI is InChI=1S/C62H102O2S4/c1-5-9-13-17-21-25-27-31-35-39-43-51(41-37-33-29-23-19-15-11-7-3)45-53-47-55(65-49-53)57-59-60(68-61(57)63)58(62(64)67-59)56-48-54(50-66-56)46-52(42-38-34-30-24-20-16-12-8-4)44-40-36-32-28-26-22-18-14-10-6-2/h47-52H,5-46H2,1-4H3. The number of rotatable bonds is 46. The molecule has 0 radical (unpaired) electrons. The second kappa shape index (κ2) is 38.5. The molecule has 2 nitrogen and oxygen atoms in total. The van der Waals surface area contributed by atoms with Crippen LogP contribution in [0.1, 0.15) is 305 Å². The van der Waals surface area contributed by atoms with Gasteiger partial charge in [-0.1, -0.05) is 285 Å². The summed E-state index contributed by atoms with van der Waals surface area (Å²) in [5, 5.41) is 4.91. The molecule has 0 spiro atoms. The van der Waals surface area contributed by atoms with Gasteiger partial charge in [0.1, 0.15) is 0 Å².